The second-order valence-corrected chi connectivity index (χ2v) is 5.96. The lowest BCUT2D eigenvalue weighted by Gasteiger charge is -2.18. The van der Waals surface area contributed by atoms with E-state index in [0.29, 0.717) is 11.3 Å². The number of hydrogen-bond acceptors (Lipinski definition) is 5. The molecular weight excluding hydrogens is 214 g/mol. The van der Waals surface area contributed by atoms with Crippen LogP contribution in [0.3, 0.4) is 0 Å². The van der Waals surface area contributed by atoms with Crippen molar-refractivity contribution in [2.75, 3.05) is 7.05 Å². The van der Waals surface area contributed by atoms with Crippen molar-refractivity contribution < 1.29 is 0 Å². The highest BCUT2D eigenvalue weighted by atomic mass is 32.2. The number of nitrogens with zero attached hydrogens (tertiary/aromatic N) is 2. The fourth-order valence-corrected chi connectivity index (χ4v) is 4.02. The molecule has 3 atom stereocenters. The first-order valence-corrected chi connectivity index (χ1v) is 6.57. The first-order valence-electron chi connectivity index (χ1n) is 4.92. The van der Waals surface area contributed by atoms with E-state index in [1.54, 1.807) is 6.33 Å². The van der Waals surface area contributed by atoms with Gasteiger partial charge >= 0.3 is 0 Å². The van der Waals surface area contributed by atoms with Crippen molar-refractivity contribution in [3.63, 3.8) is 0 Å². The van der Waals surface area contributed by atoms with E-state index < -0.39 is 0 Å². The summed E-state index contributed by atoms with van der Waals surface area (Å²) >= 11 is 3.39. The Morgan fingerprint density at radius 3 is 3.00 bits per heavy atom. The van der Waals surface area contributed by atoms with E-state index in [2.05, 4.69) is 28.6 Å². The molecule has 0 bridgehead atoms. The maximum Gasteiger partial charge on any atom is 0.170 e. The Hall–Kier alpha value is -0.130. The van der Waals surface area contributed by atoms with E-state index in [4.69, 9.17) is 0 Å². The fourth-order valence-electron chi connectivity index (χ4n) is 2.05. The van der Waals surface area contributed by atoms with Crippen LogP contribution >= 0.6 is 23.3 Å². The second-order valence-electron chi connectivity index (χ2n) is 3.70. The quantitative estimate of drug-likeness (QED) is 0.860. The van der Waals surface area contributed by atoms with Gasteiger partial charge in [0, 0.05) is 11.3 Å². The molecular formula is C9H15N3S2. The van der Waals surface area contributed by atoms with Crippen LogP contribution in [0.4, 0.5) is 0 Å². The second kappa shape index (κ2) is 4.59. The van der Waals surface area contributed by atoms with Gasteiger partial charge in [-0.1, -0.05) is 18.7 Å². The maximum absolute atomic E-state index is 4.21. The normalized spacial score (nSPS) is 32.3. The summed E-state index contributed by atoms with van der Waals surface area (Å²) < 4.78 is 5.13. The van der Waals surface area contributed by atoms with Crippen LogP contribution in [0.2, 0.25) is 0 Å². The monoisotopic (exact) mass is 229 g/mol. The van der Waals surface area contributed by atoms with Gasteiger partial charge in [0.2, 0.25) is 0 Å². The highest BCUT2D eigenvalue weighted by Gasteiger charge is 2.32. The summed E-state index contributed by atoms with van der Waals surface area (Å²) in [6.07, 6.45) is 4.22. The lowest BCUT2D eigenvalue weighted by Crippen LogP contribution is -2.29. The first-order chi connectivity index (χ1) is 6.81. The smallest absolute Gasteiger partial charge is 0.170 e. The van der Waals surface area contributed by atoms with Crippen molar-refractivity contribution >= 4 is 23.3 Å². The van der Waals surface area contributed by atoms with Crippen LogP contribution in [-0.4, -0.2) is 27.7 Å². The minimum atomic E-state index is 0.681. The zero-order valence-corrected chi connectivity index (χ0v) is 10.1. The molecule has 1 N–H and O–H groups in total. The van der Waals surface area contributed by atoms with E-state index in [1.165, 1.54) is 24.4 Å². The molecule has 1 fully saturated rings. The molecule has 1 saturated carbocycles. The Morgan fingerprint density at radius 2 is 2.43 bits per heavy atom. The average molecular weight is 229 g/mol. The Balaban J connectivity index is 1.94. The lowest BCUT2D eigenvalue weighted by molar-refractivity contribution is 0.464. The van der Waals surface area contributed by atoms with Gasteiger partial charge in [0.1, 0.15) is 6.33 Å². The van der Waals surface area contributed by atoms with Crippen LogP contribution in [-0.2, 0) is 0 Å². The third-order valence-corrected chi connectivity index (χ3v) is 5.20. The van der Waals surface area contributed by atoms with Gasteiger partial charge in [0.25, 0.3) is 0 Å². The molecule has 1 aliphatic carbocycles. The Kier molecular flexibility index (Phi) is 3.41. The lowest BCUT2D eigenvalue weighted by atomic mass is 10.1. The first kappa shape index (κ1) is 10.4. The predicted octanol–water partition coefficient (Wildman–Crippen LogP) is 2.02. The van der Waals surface area contributed by atoms with E-state index in [0.717, 1.165) is 10.3 Å². The number of aromatic nitrogens is 2. The van der Waals surface area contributed by atoms with Gasteiger partial charge < -0.3 is 5.32 Å². The van der Waals surface area contributed by atoms with E-state index in [-0.39, 0.29) is 0 Å². The molecule has 0 aromatic carbocycles. The Bertz CT molecular complexity index is 276. The zero-order valence-electron chi connectivity index (χ0n) is 8.43. The van der Waals surface area contributed by atoms with Crippen LogP contribution in [0.25, 0.3) is 0 Å². The molecule has 5 heteroatoms. The molecule has 0 aliphatic heterocycles. The topological polar surface area (TPSA) is 37.8 Å². The number of thioether (sulfide) groups is 1. The van der Waals surface area contributed by atoms with E-state index >= 15 is 0 Å². The van der Waals surface area contributed by atoms with Crippen LogP contribution < -0.4 is 5.32 Å². The molecule has 1 aromatic rings. The summed E-state index contributed by atoms with van der Waals surface area (Å²) in [6, 6.07) is 0.681. The van der Waals surface area contributed by atoms with Crippen molar-refractivity contribution in [1.29, 1.82) is 0 Å². The highest BCUT2D eigenvalue weighted by molar-refractivity contribution is 8.01. The molecule has 3 nitrogen and oxygen atoms in total. The van der Waals surface area contributed by atoms with Crippen LogP contribution in [0.5, 0.6) is 0 Å². The van der Waals surface area contributed by atoms with Crippen molar-refractivity contribution in [3.8, 4) is 0 Å². The SMILES string of the molecule is CNC1CCC(Sc2ncns2)C1C. The van der Waals surface area contributed by atoms with Gasteiger partial charge in [-0.05, 0) is 37.3 Å². The van der Waals surface area contributed by atoms with Gasteiger partial charge in [-0.3, -0.25) is 0 Å². The molecule has 0 saturated heterocycles. The van der Waals surface area contributed by atoms with Crippen molar-refractivity contribution in [2.24, 2.45) is 5.92 Å². The molecule has 0 amide bonds. The Morgan fingerprint density at radius 1 is 1.57 bits per heavy atom. The number of hydrogen-bond donors (Lipinski definition) is 1. The molecule has 78 valence electrons. The summed E-state index contributed by atoms with van der Waals surface area (Å²) in [5, 5.41) is 4.09. The van der Waals surface area contributed by atoms with Crippen molar-refractivity contribution in [1.82, 2.24) is 14.7 Å². The summed E-state index contributed by atoms with van der Waals surface area (Å²) in [4.78, 5) is 4.21. The highest BCUT2D eigenvalue weighted by Crippen LogP contribution is 2.38. The Labute approximate surface area is 92.9 Å². The molecule has 14 heavy (non-hydrogen) atoms. The summed E-state index contributed by atoms with van der Waals surface area (Å²) in [5.41, 5.74) is 0. The van der Waals surface area contributed by atoms with Crippen LogP contribution in [0.15, 0.2) is 10.7 Å². The summed E-state index contributed by atoms with van der Waals surface area (Å²) in [6.45, 7) is 2.33. The molecule has 0 spiro atoms. The zero-order chi connectivity index (χ0) is 9.97. The van der Waals surface area contributed by atoms with E-state index in [9.17, 15) is 0 Å². The molecule has 3 unspecified atom stereocenters. The van der Waals surface area contributed by atoms with Gasteiger partial charge in [-0.2, -0.15) is 4.37 Å². The standard InChI is InChI=1S/C9H15N3S2/c1-6-7(10-2)3-4-8(6)13-9-11-5-12-14-9/h5-8,10H,3-4H2,1-2H3. The fraction of sp³-hybridized carbons (Fsp3) is 0.778. The minimum Gasteiger partial charge on any atom is -0.317 e. The van der Waals surface area contributed by atoms with Gasteiger partial charge in [-0.15, -0.1) is 0 Å². The van der Waals surface area contributed by atoms with Gasteiger partial charge in [0.05, 0.1) is 0 Å². The van der Waals surface area contributed by atoms with Crippen LogP contribution in [0.1, 0.15) is 19.8 Å². The predicted molar refractivity (Wildman–Crippen MR) is 60.8 cm³/mol. The summed E-state index contributed by atoms with van der Waals surface area (Å²) in [5.74, 6) is 0.730. The number of nitrogens with one attached hydrogen (secondary N) is 1. The van der Waals surface area contributed by atoms with Crippen molar-refractivity contribution in [3.05, 3.63) is 6.33 Å². The third kappa shape index (κ3) is 2.10. The van der Waals surface area contributed by atoms with Crippen LogP contribution in [0, 0.1) is 5.92 Å². The van der Waals surface area contributed by atoms with Gasteiger partial charge in [-0.25, -0.2) is 4.98 Å². The van der Waals surface area contributed by atoms with Crippen molar-refractivity contribution in [2.45, 2.75) is 35.4 Å². The third-order valence-electron chi connectivity index (χ3n) is 2.95. The average Bonchev–Trinajstić information content (AvgIpc) is 2.79. The minimum absolute atomic E-state index is 0.681. The molecule has 2 rings (SSSR count). The van der Waals surface area contributed by atoms with E-state index in [1.807, 2.05) is 11.8 Å². The molecule has 0 radical (unpaired) electrons. The molecule has 1 aliphatic rings. The number of rotatable bonds is 3. The summed E-state index contributed by atoms with van der Waals surface area (Å²) in [7, 11) is 2.05. The molecule has 1 aromatic heterocycles. The molecule has 1 heterocycles. The maximum atomic E-state index is 4.21. The largest absolute Gasteiger partial charge is 0.317 e. The van der Waals surface area contributed by atoms with Gasteiger partial charge in [0.15, 0.2) is 4.34 Å².